The molecule has 0 aliphatic carbocycles. The van der Waals surface area contributed by atoms with Crippen LogP contribution in [0.1, 0.15) is 24.4 Å². The first-order valence-corrected chi connectivity index (χ1v) is 7.59. The number of morpholine rings is 1. The Balaban J connectivity index is 1.99. The number of aromatic nitrogens is 4. The standard InChI is InChI=1S/C15H17N7O2/c1-11(18-10-23)14-19-15(21-4-6-24-7-5-21)20-22(14)13-3-2-12(8-16)9-17-13/h2-3,9-11H,4-7H2,1H3,(H,18,23)/t11-/m0/s1. The van der Waals surface area contributed by atoms with Gasteiger partial charge in [0.1, 0.15) is 6.07 Å². The molecule has 2 aromatic heterocycles. The number of pyridine rings is 1. The first kappa shape index (κ1) is 15.9. The molecule has 1 atom stereocenters. The predicted molar refractivity (Wildman–Crippen MR) is 84.5 cm³/mol. The van der Waals surface area contributed by atoms with E-state index in [0.717, 1.165) is 0 Å². The van der Waals surface area contributed by atoms with E-state index < -0.39 is 0 Å². The molecule has 124 valence electrons. The van der Waals surface area contributed by atoms with Gasteiger partial charge in [-0.25, -0.2) is 4.98 Å². The average molecular weight is 327 g/mol. The SMILES string of the molecule is C[C@H](NC=O)c1nc(N2CCOCC2)nn1-c1ccc(C#N)cn1. The average Bonchev–Trinajstić information content (AvgIpc) is 3.08. The minimum Gasteiger partial charge on any atom is -0.378 e. The number of hydrogen-bond donors (Lipinski definition) is 1. The molecule has 9 nitrogen and oxygen atoms in total. The van der Waals surface area contributed by atoms with Gasteiger partial charge in [0.05, 0.1) is 24.8 Å². The summed E-state index contributed by atoms with van der Waals surface area (Å²) in [6.45, 7) is 4.49. The van der Waals surface area contributed by atoms with Crippen LogP contribution in [0.15, 0.2) is 18.3 Å². The van der Waals surface area contributed by atoms with Crippen LogP contribution < -0.4 is 10.2 Å². The molecular formula is C15H17N7O2. The Morgan fingerprint density at radius 2 is 2.21 bits per heavy atom. The molecule has 0 radical (unpaired) electrons. The number of rotatable bonds is 5. The lowest BCUT2D eigenvalue weighted by molar-refractivity contribution is -0.110. The maximum Gasteiger partial charge on any atom is 0.245 e. The summed E-state index contributed by atoms with van der Waals surface area (Å²) in [6, 6.07) is 5.07. The number of carbonyl (C=O) groups excluding carboxylic acids is 1. The van der Waals surface area contributed by atoms with Crippen molar-refractivity contribution in [3.63, 3.8) is 0 Å². The van der Waals surface area contributed by atoms with E-state index in [1.54, 1.807) is 16.8 Å². The topological polar surface area (TPSA) is 109 Å². The highest BCUT2D eigenvalue weighted by Gasteiger charge is 2.22. The van der Waals surface area contributed by atoms with Crippen molar-refractivity contribution in [3.8, 4) is 11.9 Å². The largest absolute Gasteiger partial charge is 0.378 e. The van der Waals surface area contributed by atoms with Crippen molar-refractivity contribution in [2.45, 2.75) is 13.0 Å². The van der Waals surface area contributed by atoms with Crippen LogP contribution in [-0.4, -0.2) is 52.5 Å². The van der Waals surface area contributed by atoms with Crippen molar-refractivity contribution in [2.75, 3.05) is 31.2 Å². The van der Waals surface area contributed by atoms with Gasteiger partial charge in [0.25, 0.3) is 0 Å². The van der Waals surface area contributed by atoms with Crippen LogP contribution in [0.2, 0.25) is 0 Å². The third-order valence-electron chi connectivity index (χ3n) is 3.71. The third kappa shape index (κ3) is 3.18. The van der Waals surface area contributed by atoms with Gasteiger partial charge < -0.3 is 15.0 Å². The highest BCUT2D eigenvalue weighted by Crippen LogP contribution is 2.19. The van der Waals surface area contributed by atoms with Gasteiger partial charge in [0.2, 0.25) is 12.4 Å². The molecule has 1 amide bonds. The number of anilines is 1. The van der Waals surface area contributed by atoms with Gasteiger partial charge in [-0.05, 0) is 19.1 Å². The number of nitrogens with one attached hydrogen (secondary N) is 1. The lowest BCUT2D eigenvalue weighted by atomic mass is 10.3. The van der Waals surface area contributed by atoms with Crippen molar-refractivity contribution >= 4 is 12.4 Å². The van der Waals surface area contributed by atoms with Gasteiger partial charge in [0, 0.05) is 19.3 Å². The Labute approximate surface area is 138 Å². The van der Waals surface area contributed by atoms with Crippen LogP contribution >= 0.6 is 0 Å². The molecule has 24 heavy (non-hydrogen) atoms. The Morgan fingerprint density at radius 3 is 2.83 bits per heavy atom. The highest BCUT2D eigenvalue weighted by molar-refractivity contribution is 5.47. The molecule has 0 spiro atoms. The molecule has 2 aromatic rings. The molecule has 9 heteroatoms. The van der Waals surface area contributed by atoms with E-state index >= 15 is 0 Å². The van der Waals surface area contributed by atoms with Crippen molar-refractivity contribution < 1.29 is 9.53 Å². The molecule has 0 saturated carbocycles. The molecular weight excluding hydrogens is 310 g/mol. The van der Waals surface area contributed by atoms with E-state index in [1.807, 2.05) is 17.9 Å². The summed E-state index contributed by atoms with van der Waals surface area (Å²) < 4.78 is 6.94. The van der Waals surface area contributed by atoms with E-state index in [-0.39, 0.29) is 6.04 Å². The van der Waals surface area contributed by atoms with Crippen LogP contribution in [-0.2, 0) is 9.53 Å². The summed E-state index contributed by atoms with van der Waals surface area (Å²) in [4.78, 5) is 21.6. The molecule has 1 aliphatic rings. The molecule has 3 rings (SSSR count). The van der Waals surface area contributed by atoms with E-state index in [1.165, 1.54) is 6.20 Å². The van der Waals surface area contributed by atoms with Crippen LogP contribution in [0.3, 0.4) is 0 Å². The summed E-state index contributed by atoms with van der Waals surface area (Å²) in [5, 5.41) is 16.1. The second-order valence-electron chi connectivity index (χ2n) is 5.30. The number of nitriles is 1. The minimum absolute atomic E-state index is 0.331. The van der Waals surface area contributed by atoms with E-state index in [2.05, 4.69) is 20.4 Å². The first-order valence-electron chi connectivity index (χ1n) is 7.59. The molecule has 1 saturated heterocycles. The summed E-state index contributed by atoms with van der Waals surface area (Å²) >= 11 is 0. The highest BCUT2D eigenvalue weighted by atomic mass is 16.5. The second kappa shape index (κ2) is 7.06. The van der Waals surface area contributed by atoms with Gasteiger partial charge in [0.15, 0.2) is 11.6 Å². The number of hydrogen-bond acceptors (Lipinski definition) is 7. The lowest BCUT2D eigenvalue weighted by Crippen LogP contribution is -2.37. The number of amides is 1. The number of carbonyl (C=O) groups is 1. The van der Waals surface area contributed by atoms with Crippen molar-refractivity contribution in [1.82, 2.24) is 25.1 Å². The molecule has 0 bridgehead atoms. The molecule has 1 aliphatic heterocycles. The lowest BCUT2D eigenvalue weighted by Gasteiger charge is -2.25. The fraction of sp³-hybridized carbons (Fsp3) is 0.400. The fourth-order valence-electron chi connectivity index (χ4n) is 2.41. The van der Waals surface area contributed by atoms with Crippen molar-refractivity contribution in [3.05, 3.63) is 29.7 Å². The van der Waals surface area contributed by atoms with Gasteiger partial charge >= 0.3 is 0 Å². The van der Waals surface area contributed by atoms with Crippen LogP contribution in [0.5, 0.6) is 0 Å². The minimum atomic E-state index is -0.331. The van der Waals surface area contributed by atoms with Gasteiger partial charge in [-0.15, -0.1) is 5.10 Å². The smallest absolute Gasteiger partial charge is 0.245 e. The number of nitrogens with zero attached hydrogens (tertiary/aromatic N) is 6. The summed E-state index contributed by atoms with van der Waals surface area (Å²) in [6.07, 6.45) is 2.11. The Hall–Kier alpha value is -2.99. The molecule has 0 aromatic carbocycles. The van der Waals surface area contributed by atoms with Crippen molar-refractivity contribution in [1.29, 1.82) is 5.26 Å². The molecule has 1 N–H and O–H groups in total. The monoisotopic (exact) mass is 327 g/mol. The molecule has 0 unspecified atom stereocenters. The van der Waals surface area contributed by atoms with E-state index in [0.29, 0.717) is 55.9 Å². The quantitative estimate of drug-likeness (QED) is 0.780. The van der Waals surface area contributed by atoms with Crippen molar-refractivity contribution in [2.24, 2.45) is 0 Å². The van der Waals surface area contributed by atoms with Crippen LogP contribution in [0.25, 0.3) is 5.82 Å². The molecule has 1 fully saturated rings. The van der Waals surface area contributed by atoms with Crippen LogP contribution in [0.4, 0.5) is 5.95 Å². The van der Waals surface area contributed by atoms with Gasteiger partial charge in [-0.2, -0.15) is 14.9 Å². The summed E-state index contributed by atoms with van der Waals surface area (Å²) in [7, 11) is 0. The maximum atomic E-state index is 10.8. The Morgan fingerprint density at radius 1 is 1.42 bits per heavy atom. The Bertz CT molecular complexity index is 744. The van der Waals surface area contributed by atoms with E-state index in [9.17, 15) is 4.79 Å². The zero-order valence-corrected chi connectivity index (χ0v) is 13.2. The first-order chi connectivity index (χ1) is 11.7. The number of ether oxygens (including phenoxy) is 1. The van der Waals surface area contributed by atoms with E-state index in [4.69, 9.17) is 10.00 Å². The van der Waals surface area contributed by atoms with Gasteiger partial charge in [-0.1, -0.05) is 0 Å². The predicted octanol–water partition coefficient (Wildman–Crippen LogP) is 0.178. The summed E-state index contributed by atoms with van der Waals surface area (Å²) in [5.41, 5.74) is 0.466. The normalized spacial score (nSPS) is 15.6. The summed E-state index contributed by atoms with van der Waals surface area (Å²) in [5.74, 6) is 1.68. The third-order valence-corrected chi connectivity index (χ3v) is 3.71. The fourth-order valence-corrected chi connectivity index (χ4v) is 2.41. The second-order valence-corrected chi connectivity index (χ2v) is 5.30. The maximum absolute atomic E-state index is 10.8. The van der Waals surface area contributed by atoms with Gasteiger partial charge in [-0.3, -0.25) is 4.79 Å². The zero-order valence-electron chi connectivity index (χ0n) is 13.2. The Kier molecular flexibility index (Phi) is 4.67. The zero-order chi connectivity index (χ0) is 16.9. The van der Waals surface area contributed by atoms with Crippen LogP contribution in [0, 0.1) is 11.3 Å². The molecule has 3 heterocycles.